The molecule has 0 unspecified atom stereocenters. The molecule has 0 radical (unpaired) electrons. The molecule has 94 valence electrons. The highest BCUT2D eigenvalue weighted by molar-refractivity contribution is 7.09. The maximum Gasteiger partial charge on any atom is 0.273 e. The quantitative estimate of drug-likeness (QED) is 0.799. The highest BCUT2D eigenvalue weighted by Crippen LogP contribution is 2.10. The van der Waals surface area contributed by atoms with Gasteiger partial charge in [-0.05, 0) is 0 Å². The summed E-state index contributed by atoms with van der Waals surface area (Å²) in [5.74, 6) is -0.207. The first-order valence-corrected chi connectivity index (χ1v) is 6.49. The molecule has 0 aromatic carbocycles. The molecule has 1 fully saturated rings. The number of hydrogen-bond acceptors (Lipinski definition) is 6. The summed E-state index contributed by atoms with van der Waals surface area (Å²) < 4.78 is 1.73. The maximum atomic E-state index is 11.8. The van der Waals surface area contributed by atoms with E-state index in [9.17, 15) is 4.79 Å². The Kier molecular flexibility index (Phi) is 3.03. The van der Waals surface area contributed by atoms with Gasteiger partial charge in [-0.1, -0.05) is 5.21 Å². The van der Waals surface area contributed by atoms with Crippen molar-refractivity contribution in [2.45, 2.75) is 12.6 Å². The normalized spacial score (nSPS) is 15.3. The standard InChI is InChI=1S/C10H12N6OS/c17-10(13-4-8-3-12-6-18-8)9-5-16(15-14-9)7-1-11-2-7/h3,5-7,11H,1-2,4H2,(H,13,17). The van der Waals surface area contributed by atoms with Crippen LogP contribution in [0.5, 0.6) is 0 Å². The number of carbonyl (C=O) groups is 1. The summed E-state index contributed by atoms with van der Waals surface area (Å²) in [7, 11) is 0. The molecular weight excluding hydrogens is 252 g/mol. The molecule has 1 amide bonds. The van der Waals surface area contributed by atoms with Crippen molar-refractivity contribution in [1.82, 2.24) is 30.6 Å². The van der Waals surface area contributed by atoms with E-state index in [1.54, 1.807) is 22.6 Å². The third-order valence-corrected chi connectivity index (χ3v) is 3.56. The van der Waals surface area contributed by atoms with E-state index in [2.05, 4.69) is 25.9 Å². The van der Waals surface area contributed by atoms with Gasteiger partial charge >= 0.3 is 0 Å². The highest BCUT2D eigenvalue weighted by Gasteiger charge is 2.21. The Morgan fingerprint density at radius 3 is 3.17 bits per heavy atom. The zero-order valence-electron chi connectivity index (χ0n) is 9.54. The van der Waals surface area contributed by atoms with Crippen LogP contribution in [0, 0.1) is 0 Å². The summed E-state index contributed by atoms with van der Waals surface area (Å²) in [5.41, 5.74) is 2.09. The summed E-state index contributed by atoms with van der Waals surface area (Å²) in [5, 5.41) is 13.8. The Balaban J connectivity index is 1.59. The summed E-state index contributed by atoms with van der Waals surface area (Å²) in [6.45, 7) is 2.23. The van der Waals surface area contributed by atoms with Gasteiger partial charge in [0.25, 0.3) is 5.91 Å². The fraction of sp³-hybridized carbons (Fsp3) is 0.400. The van der Waals surface area contributed by atoms with E-state index in [-0.39, 0.29) is 5.91 Å². The number of aromatic nitrogens is 4. The van der Waals surface area contributed by atoms with Crippen molar-refractivity contribution in [2.24, 2.45) is 0 Å². The fourth-order valence-electron chi connectivity index (χ4n) is 1.61. The molecule has 0 spiro atoms. The van der Waals surface area contributed by atoms with E-state index in [0.717, 1.165) is 18.0 Å². The number of rotatable bonds is 4. The predicted octanol–water partition coefficient (Wildman–Crippen LogP) is -0.191. The Bertz CT molecular complexity index is 532. The third-order valence-electron chi connectivity index (χ3n) is 2.78. The van der Waals surface area contributed by atoms with Crippen LogP contribution in [-0.2, 0) is 6.54 Å². The molecular formula is C10H12N6OS. The Morgan fingerprint density at radius 1 is 1.61 bits per heavy atom. The molecule has 3 rings (SSSR count). The topological polar surface area (TPSA) is 84.7 Å². The van der Waals surface area contributed by atoms with Gasteiger partial charge in [-0.2, -0.15) is 0 Å². The van der Waals surface area contributed by atoms with Crippen LogP contribution in [0.25, 0.3) is 0 Å². The van der Waals surface area contributed by atoms with Crippen molar-refractivity contribution in [1.29, 1.82) is 0 Å². The molecule has 2 N–H and O–H groups in total. The van der Waals surface area contributed by atoms with Gasteiger partial charge in [0.05, 0.1) is 24.3 Å². The van der Waals surface area contributed by atoms with Gasteiger partial charge in [0.1, 0.15) is 0 Å². The van der Waals surface area contributed by atoms with Crippen LogP contribution in [0.1, 0.15) is 21.4 Å². The molecule has 1 aliphatic rings. The minimum Gasteiger partial charge on any atom is -0.346 e. The second kappa shape index (κ2) is 4.83. The van der Waals surface area contributed by atoms with E-state index >= 15 is 0 Å². The van der Waals surface area contributed by atoms with Crippen molar-refractivity contribution >= 4 is 17.2 Å². The molecule has 1 aliphatic heterocycles. The highest BCUT2D eigenvalue weighted by atomic mass is 32.1. The number of nitrogens with one attached hydrogen (secondary N) is 2. The maximum absolute atomic E-state index is 11.8. The van der Waals surface area contributed by atoms with E-state index in [0.29, 0.717) is 18.3 Å². The largest absolute Gasteiger partial charge is 0.346 e. The number of amides is 1. The lowest BCUT2D eigenvalue weighted by molar-refractivity contribution is 0.0946. The first kappa shape index (κ1) is 11.3. The first-order chi connectivity index (χ1) is 8.83. The molecule has 0 saturated carbocycles. The molecule has 2 aromatic rings. The van der Waals surface area contributed by atoms with Crippen molar-refractivity contribution in [3.05, 3.63) is 28.5 Å². The van der Waals surface area contributed by atoms with Gasteiger partial charge < -0.3 is 10.6 Å². The number of hydrogen-bond donors (Lipinski definition) is 2. The van der Waals surface area contributed by atoms with E-state index < -0.39 is 0 Å². The average molecular weight is 264 g/mol. The van der Waals surface area contributed by atoms with Crippen molar-refractivity contribution in [3.8, 4) is 0 Å². The zero-order chi connectivity index (χ0) is 12.4. The van der Waals surface area contributed by atoms with Crippen LogP contribution in [0.15, 0.2) is 17.9 Å². The third kappa shape index (κ3) is 2.24. The molecule has 0 atom stereocenters. The Morgan fingerprint density at radius 2 is 2.50 bits per heavy atom. The molecule has 2 aromatic heterocycles. The molecule has 18 heavy (non-hydrogen) atoms. The lowest BCUT2D eigenvalue weighted by atomic mass is 10.2. The number of thiazole rings is 1. The van der Waals surface area contributed by atoms with Crippen LogP contribution >= 0.6 is 11.3 Å². The predicted molar refractivity (Wildman–Crippen MR) is 65.2 cm³/mol. The molecule has 0 aliphatic carbocycles. The molecule has 0 bridgehead atoms. The Labute approximate surface area is 107 Å². The van der Waals surface area contributed by atoms with Crippen molar-refractivity contribution < 1.29 is 4.79 Å². The summed E-state index contributed by atoms with van der Waals surface area (Å²) in [4.78, 5) is 16.8. The second-order valence-corrected chi connectivity index (χ2v) is 5.02. The second-order valence-electron chi connectivity index (χ2n) is 4.05. The van der Waals surface area contributed by atoms with Gasteiger partial charge in [-0.15, -0.1) is 16.4 Å². The smallest absolute Gasteiger partial charge is 0.273 e. The molecule has 8 heteroatoms. The van der Waals surface area contributed by atoms with Gasteiger partial charge in [-0.3, -0.25) is 9.78 Å². The molecule has 7 nitrogen and oxygen atoms in total. The van der Waals surface area contributed by atoms with Crippen LogP contribution in [-0.4, -0.2) is 39.0 Å². The SMILES string of the molecule is O=C(NCc1cncs1)c1cn(C2CNC2)nn1. The average Bonchev–Trinajstić information content (AvgIpc) is 2.94. The van der Waals surface area contributed by atoms with Gasteiger partial charge in [0.15, 0.2) is 5.69 Å². The van der Waals surface area contributed by atoms with Crippen molar-refractivity contribution in [3.63, 3.8) is 0 Å². The first-order valence-electron chi connectivity index (χ1n) is 5.61. The summed E-state index contributed by atoms with van der Waals surface area (Å²) in [6.07, 6.45) is 3.43. The van der Waals surface area contributed by atoms with Crippen LogP contribution in [0.3, 0.4) is 0 Å². The van der Waals surface area contributed by atoms with E-state index in [4.69, 9.17) is 0 Å². The fourth-order valence-corrected chi connectivity index (χ4v) is 2.14. The van der Waals surface area contributed by atoms with Crippen LogP contribution < -0.4 is 10.6 Å². The number of nitrogens with zero attached hydrogens (tertiary/aromatic N) is 4. The monoisotopic (exact) mass is 264 g/mol. The van der Waals surface area contributed by atoms with Crippen molar-refractivity contribution in [2.75, 3.05) is 13.1 Å². The Hall–Kier alpha value is -1.80. The zero-order valence-corrected chi connectivity index (χ0v) is 10.4. The van der Waals surface area contributed by atoms with E-state index in [1.165, 1.54) is 11.3 Å². The minimum absolute atomic E-state index is 0.207. The van der Waals surface area contributed by atoms with E-state index in [1.807, 2.05) is 0 Å². The number of carbonyl (C=O) groups excluding carboxylic acids is 1. The van der Waals surface area contributed by atoms with Crippen LogP contribution in [0.2, 0.25) is 0 Å². The van der Waals surface area contributed by atoms with Gasteiger partial charge in [0.2, 0.25) is 0 Å². The lowest BCUT2D eigenvalue weighted by Gasteiger charge is -2.26. The summed E-state index contributed by atoms with van der Waals surface area (Å²) >= 11 is 1.51. The summed E-state index contributed by atoms with van der Waals surface area (Å²) in [6, 6.07) is 0.320. The van der Waals surface area contributed by atoms with Crippen LogP contribution in [0.4, 0.5) is 0 Å². The molecule has 1 saturated heterocycles. The minimum atomic E-state index is -0.207. The van der Waals surface area contributed by atoms with Gasteiger partial charge in [0, 0.05) is 24.2 Å². The lowest BCUT2D eigenvalue weighted by Crippen LogP contribution is -2.43. The van der Waals surface area contributed by atoms with Gasteiger partial charge in [-0.25, -0.2) is 4.68 Å². The molecule has 3 heterocycles.